The number of halogens is 1. The molecule has 0 bridgehead atoms. The Balaban J connectivity index is 2.37. The summed E-state index contributed by atoms with van der Waals surface area (Å²) >= 11 is 1.49. The lowest BCUT2D eigenvalue weighted by molar-refractivity contribution is 0.628. The zero-order valence-electron chi connectivity index (χ0n) is 11.2. The molecule has 0 N–H and O–H groups in total. The fraction of sp³-hybridized carbons (Fsp3) is 0.200. The number of benzene rings is 1. The largest absolute Gasteiger partial charge is 0.299 e. The molecule has 0 spiro atoms. The Labute approximate surface area is 119 Å². The average Bonchev–Trinajstić information content (AvgIpc) is 2.77. The van der Waals surface area contributed by atoms with Crippen molar-refractivity contribution in [2.45, 2.75) is 20.4 Å². The van der Waals surface area contributed by atoms with Gasteiger partial charge >= 0.3 is 0 Å². The predicted molar refractivity (Wildman–Crippen MR) is 79.7 cm³/mol. The topological polar surface area (TPSA) is 34.9 Å². The third-order valence-corrected chi connectivity index (χ3v) is 4.34. The van der Waals surface area contributed by atoms with Crippen LogP contribution in [0.15, 0.2) is 35.4 Å². The van der Waals surface area contributed by atoms with E-state index in [1.807, 2.05) is 13.8 Å². The monoisotopic (exact) mass is 288 g/mol. The summed E-state index contributed by atoms with van der Waals surface area (Å²) in [5.74, 6) is -0.282. The van der Waals surface area contributed by atoms with Crippen LogP contribution < -0.4 is 5.56 Å². The first-order valence-corrected chi connectivity index (χ1v) is 7.18. The van der Waals surface area contributed by atoms with Gasteiger partial charge < -0.3 is 0 Å². The summed E-state index contributed by atoms with van der Waals surface area (Å²) in [5, 5.41) is 0.628. The van der Waals surface area contributed by atoms with Crippen LogP contribution in [0.4, 0.5) is 4.39 Å². The number of thiophene rings is 1. The number of rotatable bonds is 2. The van der Waals surface area contributed by atoms with Crippen LogP contribution in [0.2, 0.25) is 0 Å². The molecule has 0 aliphatic heterocycles. The van der Waals surface area contributed by atoms with E-state index in [0.717, 1.165) is 20.8 Å². The van der Waals surface area contributed by atoms with E-state index in [-0.39, 0.29) is 11.4 Å². The summed E-state index contributed by atoms with van der Waals surface area (Å²) in [6.07, 6.45) is 1.58. The van der Waals surface area contributed by atoms with Crippen molar-refractivity contribution in [2.75, 3.05) is 0 Å². The van der Waals surface area contributed by atoms with E-state index >= 15 is 0 Å². The van der Waals surface area contributed by atoms with Crippen molar-refractivity contribution in [3.05, 3.63) is 51.6 Å². The van der Waals surface area contributed by atoms with Gasteiger partial charge in [-0.15, -0.1) is 11.3 Å². The van der Waals surface area contributed by atoms with Crippen LogP contribution in [-0.2, 0) is 6.54 Å². The second-order valence-corrected chi connectivity index (χ2v) is 5.76. The Morgan fingerprint density at radius 3 is 2.65 bits per heavy atom. The highest BCUT2D eigenvalue weighted by Crippen LogP contribution is 2.35. The average molecular weight is 288 g/mol. The molecule has 3 nitrogen and oxygen atoms in total. The van der Waals surface area contributed by atoms with Gasteiger partial charge in [0, 0.05) is 17.0 Å². The van der Waals surface area contributed by atoms with Gasteiger partial charge in [-0.2, -0.15) is 0 Å². The fourth-order valence-electron chi connectivity index (χ4n) is 2.33. The molecule has 3 rings (SSSR count). The molecule has 0 aliphatic rings. The van der Waals surface area contributed by atoms with Crippen LogP contribution in [0.5, 0.6) is 0 Å². The van der Waals surface area contributed by atoms with E-state index in [9.17, 15) is 9.18 Å². The SMILES string of the molecule is CCn1cnc2sc(C)c(-c3ccc(F)cc3)c2c1=O. The van der Waals surface area contributed by atoms with Crippen molar-refractivity contribution in [3.8, 4) is 11.1 Å². The highest BCUT2D eigenvalue weighted by atomic mass is 32.1. The van der Waals surface area contributed by atoms with E-state index in [4.69, 9.17) is 0 Å². The number of fused-ring (bicyclic) bond motifs is 1. The predicted octanol–water partition coefficient (Wildman–Crippen LogP) is 3.59. The Kier molecular flexibility index (Phi) is 3.14. The molecule has 5 heteroatoms. The molecule has 2 heterocycles. The maximum atomic E-state index is 13.1. The van der Waals surface area contributed by atoms with Crippen molar-refractivity contribution < 1.29 is 4.39 Å². The van der Waals surface area contributed by atoms with Gasteiger partial charge in [0.25, 0.3) is 5.56 Å². The summed E-state index contributed by atoms with van der Waals surface area (Å²) in [6.45, 7) is 4.45. The molecule has 0 unspecified atom stereocenters. The highest BCUT2D eigenvalue weighted by Gasteiger charge is 2.16. The van der Waals surface area contributed by atoms with Crippen molar-refractivity contribution in [1.29, 1.82) is 0 Å². The molecule has 20 heavy (non-hydrogen) atoms. The zero-order chi connectivity index (χ0) is 14.3. The van der Waals surface area contributed by atoms with Crippen molar-refractivity contribution >= 4 is 21.6 Å². The second kappa shape index (κ2) is 4.83. The maximum Gasteiger partial charge on any atom is 0.262 e. The lowest BCUT2D eigenvalue weighted by atomic mass is 10.0. The van der Waals surface area contributed by atoms with Crippen LogP contribution in [-0.4, -0.2) is 9.55 Å². The molecule has 0 saturated carbocycles. The minimum Gasteiger partial charge on any atom is -0.299 e. The zero-order valence-corrected chi connectivity index (χ0v) is 12.0. The molecule has 0 atom stereocenters. The molecule has 0 fully saturated rings. The van der Waals surface area contributed by atoms with Gasteiger partial charge in [0.1, 0.15) is 10.6 Å². The quantitative estimate of drug-likeness (QED) is 0.722. The summed E-state index contributed by atoms with van der Waals surface area (Å²) in [5.41, 5.74) is 1.68. The van der Waals surface area contributed by atoms with Crippen LogP contribution in [0, 0.1) is 12.7 Å². The van der Waals surface area contributed by atoms with Gasteiger partial charge in [0.05, 0.1) is 11.7 Å². The lowest BCUT2D eigenvalue weighted by Gasteiger charge is -2.04. The standard InChI is InChI=1S/C15H13FN2OS/c1-3-18-8-17-14-13(15(18)19)12(9(2)20-14)10-4-6-11(16)7-5-10/h4-8H,3H2,1-2H3. The highest BCUT2D eigenvalue weighted by molar-refractivity contribution is 7.19. The minimum atomic E-state index is -0.282. The molecule has 2 aromatic heterocycles. The first kappa shape index (κ1) is 13.0. The Morgan fingerprint density at radius 1 is 1.30 bits per heavy atom. The van der Waals surface area contributed by atoms with Gasteiger partial charge in [-0.05, 0) is 31.5 Å². The van der Waals surface area contributed by atoms with Crippen LogP contribution in [0.1, 0.15) is 11.8 Å². The van der Waals surface area contributed by atoms with Crippen LogP contribution >= 0.6 is 11.3 Å². The normalized spacial score (nSPS) is 11.2. The Hall–Kier alpha value is -2.01. The van der Waals surface area contributed by atoms with Crippen LogP contribution in [0.25, 0.3) is 21.3 Å². The second-order valence-electron chi connectivity index (χ2n) is 4.56. The minimum absolute atomic E-state index is 0.0406. The number of hydrogen-bond donors (Lipinski definition) is 0. The van der Waals surface area contributed by atoms with Gasteiger partial charge in [-0.3, -0.25) is 9.36 Å². The van der Waals surface area contributed by atoms with E-state index in [1.54, 1.807) is 23.0 Å². The summed E-state index contributed by atoms with van der Waals surface area (Å²) in [4.78, 5) is 18.6. The number of aromatic nitrogens is 2. The van der Waals surface area contributed by atoms with Gasteiger partial charge in [0.2, 0.25) is 0 Å². The van der Waals surface area contributed by atoms with Crippen molar-refractivity contribution in [3.63, 3.8) is 0 Å². The fourth-order valence-corrected chi connectivity index (χ4v) is 3.33. The van der Waals surface area contributed by atoms with Crippen molar-refractivity contribution in [1.82, 2.24) is 9.55 Å². The maximum absolute atomic E-state index is 13.1. The number of hydrogen-bond acceptors (Lipinski definition) is 3. The van der Waals surface area contributed by atoms with E-state index in [1.165, 1.54) is 23.5 Å². The van der Waals surface area contributed by atoms with E-state index in [2.05, 4.69) is 4.98 Å². The number of nitrogens with zero attached hydrogens (tertiary/aromatic N) is 2. The smallest absolute Gasteiger partial charge is 0.262 e. The Bertz CT molecular complexity index is 833. The molecule has 102 valence electrons. The van der Waals surface area contributed by atoms with Gasteiger partial charge in [0.15, 0.2) is 0 Å². The molecular weight excluding hydrogens is 275 g/mol. The van der Waals surface area contributed by atoms with Crippen molar-refractivity contribution in [2.24, 2.45) is 0 Å². The third-order valence-electron chi connectivity index (χ3n) is 3.33. The van der Waals surface area contributed by atoms with Crippen LogP contribution in [0.3, 0.4) is 0 Å². The van der Waals surface area contributed by atoms with E-state index < -0.39 is 0 Å². The number of aryl methyl sites for hydroxylation is 2. The first-order chi connectivity index (χ1) is 9.61. The summed E-state index contributed by atoms with van der Waals surface area (Å²) in [6, 6.07) is 6.22. The van der Waals surface area contributed by atoms with Gasteiger partial charge in [-0.1, -0.05) is 12.1 Å². The molecule has 0 amide bonds. The first-order valence-electron chi connectivity index (χ1n) is 6.36. The lowest BCUT2D eigenvalue weighted by Crippen LogP contribution is -2.19. The molecule has 1 aromatic carbocycles. The molecule has 0 aliphatic carbocycles. The van der Waals surface area contributed by atoms with E-state index in [0.29, 0.717) is 11.9 Å². The van der Waals surface area contributed by atoms with Gasteiger partial charge in [-0.25, -0.2) is 9.37 Å². The molecule has 0 radical (unpaired) electrons. The molecule has 3 aromatic rings. The third kappa shape index (κ3) is 1.94. The molecule has 0 saturated heterocycles. The molecular formula is C15H13FN2OS. The Morgan fingerprint density at radius 2 is 2.00 bits per heavy atom. The summed E-state index contributed by atoms with van der Waals surface area (Å²) < 4.78 is 14.7. The summed E-state index contributed by atoms with van der Waals surface area (Å²) in [7, 11) is 0.